The van der Waals surface area contributed by atoms with Gasteiger partial charge in [0.1, 0.15) is 5.57 Å². The number of halogens is 1. The Labute approximate surface area is 154 Å². The van der Waals surface area contributed by atoms with E-state index in [1.165, 1.54) is 11.0 Å². The average Bonchev–Trinajstić information content (AvgIpc) is 2.60. The number of nitrogens with one attached hydrogen (secondary N) is 1. The van der Waals surface area contributed by atoms with Gasteiger partial charge in [-0.25, -0.2) is 0 Å². The summed E-state index contributed by atoms with van der Waals surface area (Å²) in [6.07, 6.45) is 1.43. The molecule has 0 unspecified atom stereocenters. The number of carbonyl (C=O) groups is 2. The van der Waals surface area contributed by atoms with Crippen LogP contribution in [0.1, 0.15) is 11.1 Å². The van der Waals surface area contributed by atoms with Gasteiger partial charge in [-0.1, -0.05) is 23.7 Å². The molecule has 122 valence electrons. The second kappa shape index (κ2) is 6.85. The lowest BCUT2D eigenvalue weighted by Crippen LogP contribution is -2.54. The normalized spacial score (nSPS) is 15.9. The first-order chi connectivity index (χ1) is 12.0. The minimum atomic E-state index is -0.581. The highest BCUT2D eigenvalue weighted by atomic mass is 35.5. The summed E-state index contributed by atoms with van der Waals surface area (Å²) in [6.45, 7) is 0. The lowest BCUT2D eigenvalue weighted by atomic mass is 10.1. The number of benzene rings is 2. The Balaban J connectivity index is 2.02. The highest BCUT2D eigenvalue weighted by Gasteiger charge is 2.34. The van der Waals surface area contributed by atoms with Gasteiger partial charge in [-0.2, -0.15) is 5.26 Å². The summed E-state index contributed by atoms with van der Waals surface area (Å²) in [5.41, 5.74) is 1.43. The molecule has 1 N–H and O–H groups in total. The predicted octanol–water partition coefficient (Wildman–Crippen LogP) is 3.04. The zero-order valence-corrected chi connectivity index (χ0v) is 14.3. The van der Waals surface area contributed by atoms with Crippen LogP contribution in [-0.2, 0) is 9.59 Å². The van der Waals surface area contributed by atoms with Gasteiger partial charge in [0, 0.05) is 5.02 Å². The van der Waals surface area contributed by atoms with Crippen LogP contribution in [-0.4, -0.2) is 16.9 Å². The van der Waals surface area contributed by atoms with Crippen molar-refractivity contribution in [2.75, 3.05) is 4.90 Å². The summed E-state index contributed by atoms with van der Waals surface area (Å²) in [6, 6.07) is 15.2. The lowest BCUT2D eigenvalue weighted by molar-refractivity contribution is -0.122. The van der Waals surface area contributed by atoms with Crippen molar-refractivity contribution < 1.29 is 9.59 Å². The Kier molecular flexibility index (Phi) is 4.61. The highest BCUT2D eigenvalue weighted by molar-refractivity contribution is 7.80. The molecule has 3 rings (SSSR count). The van der Waals surface area contributed by atoms with E-state index in [2.05, 4.69) is 5.32 Å². The molecule has 0 radical (unpaired) electrons. The van der Waals surface area contributed by atoms with E-state index in [1.807, 2.05) is 6.07 Å². The van der Waals surface area contributed by atoms with Crippen LogP contribution in [0, 0.1) is 11.3 Å². The molecule has 0 aromatic heterocycles. The van der Waals surface area contributed by atoms with Crippen molar-refractivity contribution in [2.45, 2.75) is 0 Å². The van der Waals surface area contributed by atoms with Crippen molar-refractivity contribution in [3.8, 4) is 6.07 Å². The van der Waals surface area contributed by atoms with Gasteiger partial charge in [0.15, 0.2) is 5.11 Å². The molecule has 2 aromatic carbocycles. The van der Waals surface area contributed by atoms with Crippen molar-refractivity contribution in [2.24, 2.45) is 0 Å². The van der Waals surface area contributed by atoms with Gasteiger partial charge in [0.2, 0.25) is 0 Å². The molecular weight excluding hydrogens is 358 g/mol. The van der Waals surface area contributed by atoms with Crippen molar-refractivity contribution in [3.63, 3.8) is 0 Å². The van der Waals surface area contributed by atoms with Crippen LogP contribution in [0.5, 0.6) is 0 Å². The van der Waals surface area contributed by atoms with Gasteiger partial charge in [0.25, 0.3) is 11.8 Å². The number of carbonyl (C=O) groups excluding carboxylic acids is 2. The summed E-state index contributed by atoms with van der Waals surface area (Å²) < 4.78 is 0. The maximum atomic E-state index is 12.8. The first-order valence-electron chi connectivity index (χ1n) is 7.17. The third-order valence-corrected chi connectivity index (χ3v) is 4.05. The number of amides is 2. The fourth-order valence-electron chi connectivity index (χ4n) is 2.35. The van der Waals surface area contributed by atoms with E-state index in [1.54, 1.807) is 48.5 Å². The Bertz CT molecular complexity index is 961. The van der Waals surface area contributed by atoms with Gasteiger partial charge >= 0.3 is 0 Å². The molecule has 0 spiro atoms. The van der Waals surface area contributed by atoms with E-state index in [0.29, 0.717) is 21.8 Å². The molecule has 1 heterocycles. The first kappa shape index (κ1) is 16.8. The van der Waals surface area contributed by atoms with Crippen LogP contribution in [0.3, 0.4) is 0 Å². The molecule has 0 atom stereocenters. The van der Waals surface area contributed by atoms with Gasteiger partial charge in [-0.3, -0.25) is 19.8 Å². The molecule has 1 saturated heterocycles. The molecule has 5 nitrogen and oxygen atoms in total. The molecule has 0 aliphatic carbocycles. The number of anilines is 1. The Morgan fingerprint density at radius 2 is 1.88 bits per heavy atom. The molecule has 25 heavy (non-hydrogen) atoms. The Hall–Kier alpha value is -3.01. The van der Waals surface area contributed by atoms with Crippen molar-refractivity contribution in [3.05, 3.63) is 70.3 Å². The average molecular weight is 368 g/mol. The summed E-state index contributed by atoms with van der Waals surface area (Å²) in [5, 5.41) is 12.0. The van der Waals surface area contributed by atoms with Crippen molar-refractivity contribution in [1.29, 1.82) is 5.26 Å². The molecule has 1 aliphatic rings. The van der Waals surface area contributed by atoms with Crippen LogP contribution in [0.2, 0.25) is 5.02 Å². The monoisotopic (exact) mass is 367 g/mol. The van der Waals surface area contributed by atoms with Crippen LogP contribution in [0.15, 0.2) is 54.1 Å². The number of rotatable bonds is 2. The van der Waals surface area contributed by atoms with E-state index >= 15 is 0 Å². The Morgan fingerprint density at radius 1 is 1.16 bits per heavy atom. The smallest absolute Gasteiger partial charge is 0.270 e. The number of nitrogens with zero attached hydrogens (tertiary/aromatic N) is 2. The minimum absolute atomic E-state index is 0.000230. The van der Waals surface area contributed by atoms with E-state index in [4.69, 9.17) is 29.1 Å². The number of hydrogen-bond acceptors (Lipinski definition) is 4. The van der Waals surface area contributed by atoms with Crippen LogP contribution in [0.4, 0.5) is 5.69 Å². The molecule has 1 fully saturated rings. The van der Waals surface area contributed by atoms with Crippen LogP contribution < -0.4 is 10.2 Å². The van der Waals surface area contributed by atoms with E-state index in [-0.39, 0.29) is 10.7 Å². The third-order valence-electron chi connectivity index (χ3n) is 3.51. The van der Waals surface area contributed by atoms with Gasteiger partial charge in [0.05, 0.1) is 17.3 Å². The van der Waals surface area contributed by atoms with E-state index in [9.17, 15) is 9.59 Å². The summed E-state index contributed by atoms with van der Waals surface area (Å²) >= 11 is 11.0. The molecule has 0 bridgehead atoms. The highest BCUT2D eigenvalue weighted by Crippen LogP contribution is 2.23. The molecule has 7 heteroatoms. The summed E-state index contributed by atoms with van der Waals surface area (Å²) in [7, 11) is 0. The number of thiocarbonyl (C=S) groups is 1. The van der Waals surface area contributed by atoms with Gasteiger partial charge in [-0.05, 0) is 60.3 Å². The van der Waals surface area contributed by atoms with Crippen LogP contribution in [0.25, 0.3) is 6.08 Å². The number of hydrogen-bond donors (Lipinski definition) is 1. The van der Waals surface area contributed by atoms with Crippen LogP contribution >= 0.6 is 23.8 Å². The maximum absolute atomic E-state index is 12.8. The zero-order chi connectivity index (χ0) is 18.0. The van der Waals surface area contributed by atoms with Gasteiger partial charge < -0.3 is 0 Å². The molecule has 2 aromatic rings. The van der Waals surface area contributed by atoms with E-state index < -0.39 is 11.8 Å². The van der Waals surface area contributed by atoms with E-state index in [0.717, 1.165) is 0 Å². The molecule has 0 saturated carbocycles. The second-order valence-corrected chi connectivity index (χ2v) is 5.99. The molecule has 1 aliphatic heterocycles. The summed E-state index contributed by atoms with van der Waals surface area (Å²) in [4.78, 5) is 26.2. The van der Waals surface area contributed by atoms with Crippen molar-refractivity contribution >= 4 is 52.5 Å². The standard InChI is InChI=1S/C18H10ClN3O2S/c19-13-4-6-14(7-5-13)22-17(24)15(16(23)21-18(22)25)9-11-2-1-3-12(8-11)10-20/h1-9H,(H,21,23,25). The molecule has 2 amide bonds. The van der Waals surface area contributed by atoms with Crippen molar-refractivity contribution in [1.82, 2.24) is 5.32 Å². The fraction of sp³-hybridized carbons (Fsp3) is 0. The summed E-state index contributed by atoms with van der Waals surface area (Å²) in [5.74, 6) is -1.12. The quantitative estimate of drug-likeness (QED) is 0.503. The third kappa shape index (κ3) is 3.43. The fourth-order valence-corrected chi connectivity index (χ4v) is 2.75. The lowest BCUT2D eigenvalue weighted by Gasteiger charge is -2.28. The first-order valence-corrected chi connectivity index (χ1v) is 7.95. The maximum Gasteiger partial charge on any atom is 0.270 e. The minimum Gasteiger partial charge on any atom is -0.298 e. The molecular formula is C18H10ClN3O2S. The zero-order valence-electron chi connectivity index (χ0n) is 12.7. The topological polar surface area (TPSA) is 73.2 Å². The predicted molar refractivity (Wildman–Crippen MR) is 98.8 cm³/mol. The largest absolute Gasteiger partial charge is 0.298 e. The SMILES string of the molecule is N#Cc1cccc(C=C2C(=O)NC(=S)N(c3ccc(Cl)cc3)C2=O)c1. The Morgan fingerprint density at radius 3 is 2.56 bits per heavy atom. The second-order valence-electron chi connectivity index (χ2n) is 5.17. The number of nitriles is 1. The van der Waals surface area contributed by atoms with Gasteiger partial charge in [-0.15, -0.1) is 0 Å².